The van der Waals surface area contributed by atoms with E-state index in [0.29, 0.717) is 5.92 Å². The first-order chi connectivity index (χ1) is 7.31. The molecule has 0 amide bonds. The van der Waals surface area contributed by atoms with E-state index in [1.807, 2.05) is 0 Å². The molecular weight excluding hydrogens is 206 g/mol. The van der Waals surface area contributed by atoms with Crippen LogP contribution in [0.15, 0.2) is 0 Å². The van der Waals surface area contributed by atoms with E-state index < -0.39 is 10.8 Å². The molecule has 0 bridgehead atoms. The summed E-state index contributed by atoms with van der Waals surface area (Å²) in [6.45, 7) is 0. The van der Waals surface area contributed by atoms with Gasteiger partial charge in [0, 0.05) is 16.6 Å². The van der Waals surface area contributed by atoms with Gasteiger partial charge in [-0.05, 0) is 31.6 Å². The van der Waals surface area contributed by atoms with E-state index in [1.54, 1.807) is 0 Å². The van der Waals surface area contributed by atoms with Gasteiger partial charge in [0.1, 0.15) is 0 Å². The Morgan fingerprint density at radius 3 is 2.53 bits per heavy atom. The van der Waals surface area contributed by atoms with Crippen LogP contribution in [0.25, 0.3) is 0 Å². The zero-order valence-corrected chi connectivity index (χ0v) is 9.97. The molecule has 3 unspecified atom stereocenters. The number of nitrogens with zero attached hydrogens (tertiary/aromatic N) is 1. The zero-order valence-electron chi connectivity index (χ0n) is 9.15. The lowest BCUT2D eigenvalue weighted by atomic mass is 10.1. The lowest BCUT2D eigenvalue weighted by Gasteiger charge is -2.15. The van der Waals surface area contributed by atoms with Gasteiger partial charge < -0.3 is 0 Å². The smallest absolute Gasteiger partial charge is 0.0668 e. The molecule has 0 aromatic heterocycles. The van der Waals surface area contributed by atoms with Crippen LogP contribution in [0.2, 0.25) is 0 Å². The minimum atomic E-state index is -0.738. The number of hydrogen-bond acceptors (Lipinski definition) is 2. The maximum Gasteiger partial charge on any atom is 0.0668 e. The molecule has 3 atom stereocenters. The molecule has 2 saturated carbocycles. The van der Waals surface area contributed by atoms with Crippen molar-refractivity contribution in [1.29, 1.82) is 5.26 Å². The average molecular weight is 225 g/mol. The van der Waals surface area contributed by atoms with Crippen LogP contribution in [0, 0.1) is 23.2 Å². The molecule has 2 aliphatic carbocycles. The third kappa shape index (κ3) is 2.60. The van der Waals surface area contributed by atoms with Crippen molar-refractivity contribution in [3.05, 3.63) is 0 Å². The second kappa shape index (κ2) is 5.12. The van der Waals surface area contributed by atoms with Crippen LogP contribution < -0.4 is 0 Å². The largest absolute Gasteiger partial charge is 0.259 e. The summed E-state index contributed by atoms with van der Waals surface area (Å²) < 4.78 is 12.1. The summed E-state index contributed by atoms with van der Waals surface area (Å²) in [7, 11) is -0.738. The number of hydrogen-bond donors (Lipinski definition) is 0. The monoisotopic (exact) mass is 225 g/mol. The molecule has 2 fully saturated rings. The SMILES string of the molecule is N#CC1CCCC1S(=O)CC1CCCC1. The highest BCUT2D eigenvalue weighted by atomic mass is 32.2. The van der Waals surface area contributed by atoms with Gasteiger partial charge >= 0.3 is 0 Å². The molecule has 3 heteroatoms. The predicted molar refractivity (Wildman–Crippen MR) is 61.7 cm³/mol. The fraction of sp³-hybridized carbons (Fsp3) is 0.917. The third-order valence-electron chi connectivity index (χ3n) is 3.83. The van der Waals surface area contributed by atoms with E-state index in [9.17, 15) is 4.21 Å². The topological polar surface area (TPSA) is 40.9 Å². The zero-order chi connectivity index (χ0) is 10.7. The molecule has 0 spiro atoms. The first-order valence-corrected chi connectivity index (χ1v) is 7.46. The molecule has 15 heavy (non-hydrogen) atoms. The summed E-state index contributed by atoms with van der Waals surface area (Å²) in [5.74, 6) is 1.63. The molecule has 2 aliphatic rings. The molecule has 2 rings (SSSR count). The Balaban J connectivity index is 1.87. The second-order valence-corrected chi connectivity index (χ2v) is 6.60. The minimum Gasteiger partial charge on any atom is -0.259 e. The molecule has 0 N–H and O–H groups in total. The van der Waals surface area contributed by atoms with E-state index in [2.05, 4.69) is 6.07 Å². The number of rotatable bonds is 3. The van der Waals surface area contributed by atoms with Crippen LogP contribution in [0.3, 0.4) is 0 Å². The maximum absolute atomic E-state index is 12.1. The van der Waals surface area contributed by atoms with Gasteiger partial charge in [0.25, 0.3) is 0 Å². The Kier molecular flexibility index (Phi) is 3.80. The molecule has 0 heterocycles. The van der Waals surface area contributed by atoms with Gasteiger partial charge in [-0.3, -0.25) is 4.21 Å². The average Bonchev–Trinajstić information content (AvgIpc) is 2.86. The summed E-state index contributed by atoms with van der Waals surface area (Å²) in [6.07, 6.45) is 8.22. The first-order valence-electron chi connectivity index (χ1n) is 6.08. The van der Waals surface area contributed by atoms with E-state index in [-0.39, 0.29) is 11.2 Å². The maximum atomic E-state index is 12.1. The van der Waals surface area contributed by atoms with E-state index >= 15 is 0 Å². The van der Waals surface area contributed by atoms with E-state index in [4.69, 9.17) is 5.26 Å². The van der Waals surface area contributed by atoms with Gasteiger partial charge in [0.15, 0.2) is 0 Å². The summed E-state index contributed by atoms with van der Waals surface area (Å²) >= 11 is 0. The van der Waals surface area contributed by atoms with Gasteiger partial charge in [-0.25, -0.2) is 0 Å². The lowest BCUT2D eigenvalue weighted by molar-refractivity contribution is 0.591. The summed E-state index contributed by atoms with van der Waals surface area (Å²) in [5, 5.41) is 9.15. The number of nitriles is 1. The van der Waals surface area contributed by atoms with Crippen LogP contribution in [-0.4, -0.2) is 15.2 Å². The van der Waals surface area contributed by atoms with Gasteiger partial charge in [-0.1, -0.05) is 19.3 Å². The summed E-state index contributed by atoms with van der Waals surface area (Å²) in [5.41, 5.74) is 0. The molecular formula is C12H19NOS. The molecule has 0 radical (unpaired) electrons. The second-order valence-electron chi connectivity index (χ2n) is 4.90. The Bertz CT molecular complexity index is 278. The van der Waals surface area contributed by atoms with E-state index in [1.165, 1.54) is 25.7 Å². The van der Waals surface area contributed by atoms with Crippen LogP contribution in [0.1, 0.15) is 44.9 Å². The molecule has 0 aromatic rings. The summed E-state index contributed by atoms with van der Waals surface area (Å²) in [4.78, 5) is 0. The van der Waals surface area contributed by atoms with Crippen LogP contribution >= 0.6 is 0 Å². The first kappa shape index (κ1) is 11.1. The van der Waals surface area contributed by atoms with E-state index in [0.717, 1.165) is 25.0 Å². The fourth-order valence-corrected chi connectivity index (χ4v) is 4.96. The Morgan fingerprint density at radius 2 is 1.87 bits per heavy atom. The van der Waals surface area contributed by atoms with Gasteiger partial charge in [-0.15, -0.1) is 0 Å². The van der Waals surface area contributed by atoms with Crippen LogP contribution in [0.4, 0.5) is 0 Å². The van der Waals surface area contributed by atoms with Crippen molar-refractivity contribution in [3.8, 4) is 6.07 Å². The Labute approximate surface area is 94.5 Å². The highest BCUT2D eigenvalue weighted by molar-refractivity contribution is 7.85. The van der Waals surface area contributed by atoms with Crippen molar-refractivity contribution in [1.82, 2.24) is 0 Å². The van der Waals surface area contributed by atoms with Crippen LogP contribution in [0.5, 0.6) is 0 Å². The Hall–Kier alpha value is -0.360. The van der Waals surface area contributed by atoms with Crippen molar-refractivity contribution >= 4 is 10.8 Å². The van der Waals surface area contributed by atoms with Crippen molar-refractivity contribution in [2.24, 2.45) is 11.8 Å². The molecule has 0 saturated heterocycles. The van der Waals surface area contributed by atoms with Crippen molar-refractivity contribution < 1.29 is 4.21 Å². The normalized spacial score (nSPS) is 34.1. The molecule has 0 aliphatic heterocycles. The molecule has 0 aromatic carbocycles. The minimum absolute atomic E-state index is 0.0761. The molecule has 84 valence electrons. The highest BCUT2D eigenvalue weighted by Crippen LogP contribution is 2.32. The summed E-state index contributed by atoms with van der Waals surface area (Å²) in [6, 6.07) is 2.33. The predicted octanol–water partition coefficient (Wildman–Crippen LogP) is 2.62. The third-order valence-corrected chi connectivity index (χ3v) is 5.87. The van der Waals surface area contributed by atoms with Crippen LogP contribution in [-0.2, 0) is 10.8 Å². The van der Waals surface area contributed by atoms with Crippen molar-refractivity contribution in [3.63, 3.8) is 0 Å². The van der Waals surface area contributed by atoms with Gasteiger partial charge in [-0.2, -0.15) is 5.26 Å². The fourth-order valence-electron chi connectivity index (χ4n) is 2.92. The molecule has 2 nitrogen and oxygen atoms in total. The highest BCUT2D eigenvalue weighted by Gasteiger charge is 2.33. The standard InChI is InChI=1S/C12H19NOS/c13-8-11-6-3-7-12(11)15(14)9-10-4-1-2-5-10/h10-12H,1-7,9H2. The van der Waals surface area contributed by atoms with Gasteiger partial charge in [0.2, 0.25) is 0 Å². The van der Waals surface area contributed by atoms with Crippen molar-refractivity contribution in [2.75, 3.05) is 5.75 Å². The van der Waals surface area contributed by atoms with Gasteiger partial charge in [0.05, 0.1) is 17.2 Å². The Morgan fingerprint density at radius 1 is 1.13 bits per heavy atom. The lowest BCUT2D eigenvalue weighted by Crippen LogP contribution is -2.23. The van der Waals surface area contributed by atoms with Crippen molar-refractivity contribution in [2.45, 2.75) is 50.2 Å². The quantitative estimate of drug-likeness (QED) is 0.741.